The van der Waals surface area contributed by atoms with E-state index in [1.165, 1.54) is 16.7 Å². The molecular weight excluding hydrogens is 354 g/mol. The molecule has 1 fully saturated rings. The van der Waals surface area contributed by atoms with E-state index in [1.807, 2.05) is 0 Å². The van der Waals surface area contributed by atoms with Crippen molar-refractivity contribution >= 4 is 15.9 Å². The Hall–Kier alpha value is -2.26. The lowest BCUT2D eigenvalue weighted by Gasteiger charge is -2.26. The number of aromatic nitrogens is 3. The molecular formula is C17H23N5O3S. The summed E-state index contributed by atoms with van der Waals surface area (Å²) in [6, 6.07) is 6.24. The maximum atomic E-state index is 12.7. The molecule has 0 aliphatic carbocycles. The molecule has 0 spiro atoms. The van der Waals surface area contributed by atoms with Crippen LogP contribution in [0.25, 0.3) is 0 Å². The van der Waals surface area contributed by atoms with Crippen molar-refractivity contribution in [2.75, 3.05) is 19.6 Å². The summed E-state index contributed by atoms with van der Waals surface area (Å²) in [7, 11) is -3.54. The van der Waals surface area contributed by atoms with Crippen molar-refractivity contribution in [3.8, 4) is 0 Å². The molecule has 1 saturated heterocycles. The summed E-state index contributed by atoms with van der Waals surface area (Å²) in [5, 5.41) is 6.81. The van der Waals surface area contributed by atoms with Gasteiger partial charge in [-0.15, -0.1) is 0 Å². The summed E-state index contributed by atoms with van der Waals surface area (Å²) < 4.78 is 28.7. The highest BCUT2D eigenvalue weighted by atomic mass is 32.2. The van der Waals surface area contributed by atoms with Gasteiger partial charge in [-0.25, -0.2) is 13.4 Å². The van der Waals surface area contributed by atoms with Crippen LogP contribution in [0.5, 0.6) is 0 Å². The Balaban J connectivity index is 1.59. The molecule has 0 unspecified atom stereocenters. The van der Waals surface area contributed by atoms with Crippen LogP contribution in [0, 0.1) is 0 Å². The van der Waals surface area contributed by atoms with Gasteiger partial charge in [0.1, 0.15) is 12.7 Å². The summed E-state index contributed by atoms with van der Waals surface area (Å²) >= 11 is 0. The number of rotatable bonds is 7. The number of carbonyl (C=O) groups excluding carboxylic acids is 1. The number of sulfonamides is 1. The molecule has 9 heteroatoms. The lowest BCUT2D eigenvalue weighted by atomic mass is 10.2. The van der Waals surface area contributed by atoms with Gasteiger partial charge in [0.2, 0.25) is 10.0 Å². The number of nitrogens with one attached hydrogen (secondary N) is 1. The molecule has 1 aliphatic rings. The van der Waals surface area contributed by atoms with Crippen LogP contribution in [0.1, 0.15) is 36.0 Å². The molecule has 0 radical (unpaired) electrons. The maximum Gasteiger partial charge on any atom is 0.251 e. The van der Waals surface area contributed by atoms with Crippen molar-refractivity contribution in [2.45, 2.75) is 37.1 Å². The topological polar surface area (TPSA) is 97.2 Å². The Kier molecular flexibility index (Phi) is 6.00. The molecule has 0 atom stereocenters. The number of nitrogens with zero attached hydrogens (tertiary/aromatic N) is 4. The predicted octanol–water partition coefficient (Wildman–Crippen LogP) is 1.27. The number of hydrogen-bond acceptors (Lipinski definition) is 5. The van der Waals surface area contributed by atoms with Gasteiger partial charge in [0.05, 0.1) is 4.90 Å². The van der Waals surface area contributed by atoms with Gasteiger partial charge in [-0.1, -0.05) is 12.5 Å². The van der Waals surface area contributed by atoms with E-state index in [0.717, 1.165) is 19.3 Å². The fourth-order valence-corrected chi connectivity index (χ4v) is 4.51. The van der Waals surface area contributed by atoms with Crippen molar-refractivity contribution in [1.82, 2.24) is 24.4 Å². The second kappa shape index (κ2) is 8.41. The van der Waals surface area contributed by atoms with E-state index in [0.29, 0.717) is 38.2 Å². The minimum Gasteiger partial charge on any atom is -0.352 e. The van der Waals surface area contributed by atoms with E-state index < -0.39 is 10.0 Å². The molecule has 1 aromatic carbocycles. The minimum absolute atomic E-state index is 0.176. The van der Waals surface area contributed by atoms with Gasteiger partial charge in [-0.2, -0.15) is 9.40 Å². The molecule has 8 nitrogen and oxygen atoms in total. The Morgan fingerprint density at radius 1 is 1.19 bits per heavy atom. The second-order valence-electron chi connectivity index (χ2n) is 6.26. The number of aryl methyl sites for hydroxylation is 1. The fourth-order valence-electron chi connectivity index (χ4n) is 2.95. The molecule has 1 N–H and O–H groups in total. The van der Waals surface area contributed by atoms with Gasteiger partial charge in [0, 0.05) is 31.7 Å². The normalized spacial score (nSPS) is 15.7. The number of carbonyl (C=O) groups is 1. The van der Waals surface area contributed by atoms with E-state index >= 15 is 0 Å². The van der Waals surface area contributed by atoms with Crippen LogP contribution in [0.4, 0.5) is 0 Å². The third-order valence-corrected chi connectivity index (χ3v) is 6.26. The molecule has 0 saturated carbocycles. The van der Waals surface area contributed by atoms with E-state index in [1.54, 1.807) is 29.2 Å². The first-order valence-corrected chi connectivity index (χ1v) is 10.2. The van der Waals surface area contributed by atoms with Crippen LogP contribution in [0.3, 0.4) is 0 Å². The smallest absolute Gasteiger partial charge is 0.251 e. The summed E-state index contributed by atoms with van der Waals surface area (Å²) in [4.78, 5) is 16.3. The van der Waals surface area contributed by atoms with Gasteiger partial charge in [0.25, 0.3) is 5.91 Å². The van der Waals surface area contributed by atoms with Crippen LogP contribution in [-0.2, 0) is 16.6 Å². The zero-order valence-electron chi connectivity index (χ0n) is 14.5. The lowest BCUT2D eigenvalue weighted by molar-refractivity contribution is 0.0952. The number of benzene rings is 1. The second-order valence-corrected chi connectivity index (χ2v) is 8.20. The molecule has 2 heterocycles. The van der Waals surface area contributed by atoms with Crippen LogP contribution >= 0.6 is 0 Å². The molecule has 3 rings (SSSR count). The quantitative estimate of drug-likeness (QED) is 0.733. The Morgan fingerprint density at radius 3 is 2.73 bits per heavy atom. The maximum absolute atomic E-state index is 12.7. The van der Waals surface area contributed by atoms with Gasteiger partial charge >= 0.3 is 0 Å². The van der Waals surface area contributed by atoms with Crippen molar-refractivity contribution < 1.29 is 13.2 Å². The SMILES string of the molecule is O=C(NCCCn1cncn1)c1cccc(S(=O)(=O)N2CCCCC2)c1. The van der Waals surface area contributed by atoms with E-state index in [2.05, 4.69) is 15.4 Å². The third-order valence-electron chi connectivity index (χ3n) is 4.37. The first kappa shape index (κ1) is 18.5. The number of amides is 1. The zero-order chi connectivity index (χ0) is 18.4. The van der Waals surface area contributed by atoms with E-state index in [4.69, 9.17) is 0 Å². The first-order chi connectivity index (χ1) is 12.6. The lowest BCUT2D eigenvalue weighted by Crippen LogP contribution is -2.35. The summed E-state index contributed by atoms with van der Waals surface area (Å²) in [5.41, 5.74) is 0.351. The monoisotopic (exact) mass is 377 g/mol. The number of piperidine rings is 1. The minimum atomic E-state index is -3.54. The van der Waals surface area contributed by atoms with Crippen molar-refractivity contribution in [3.63, 3.8) is 0 Å². The predicted molar refractivity (Wildman–Crippen MR) is 96.0 cm³/mol. The van der Waals surface area contributed by atoms with Crippen molar-refractivity contribution in [3.05, 3.63) is 42.5 Å². The highest BCUT2D eigenvalue weighted by molar-refractivity contribution is 7.89. The summed E-state index contributed by atoms with van der Waals surface area (Å²) in [6.45, 7) is 2.22. The van der Waals surface area contributed by atoms with E-state index in [-0.39, 0.29) is 10.8 Å². The number of hydrogen-bond donors (Lipinski definition) is 1. The molecule has 1 aromatic heterocycles. The largest absolute Gasteiger partial charge is 0.352 e. The molecule has 1 aliphatic heterocycles. The first-order valence-electron chi connectivity index (χ1n) is 8.78. The van der Waals surface area contributed by atoms with Crippen LogP contribution in [0.15, 0.2) is 41.8 Å². The van der Waals surface area contributed by atoms with Crippen LogP contribution < -0.4 is 5.32 Å². The molecule has 140 valence electrons. The third kappa shape index (κ3) is 4.47. The summed E-state index contributed by atoms with van der Waals surface area (Å²) in [6.07, 6.45) is 6.61. The van der Waals surface area contributed by atoms with Gasteiger partial charge in [0.15, 0.2) is 0 Å². The van der Waals surface area contributed by atoms with Crippen molar-refractivity contribution in [1.29, 1.82) is 0 Å². The van der Waals surface area contributed by atoms with Gasteiger partial charge < -0.3 is 5.32 Å². The van der Waals surface area contributed by atoms with Crippen molar-refractivity contribution in [2.24, 2.45) is 0 Å². The highest BCUT2D eigenvalue weighted by Gasteiger charge is 2.26. The van der Waals surface area contributed by atoms with Crippen LogP contribution in [0.2, 0.25) is 0 Å². The van der Waals surface area contributed by atoms with Gasteiger partial charge in [-0.05, 0) is 37.5 Å². The molecule has 2 aromatic rings. The molecule has 0 bridgehead atoms. The Labute approximate surface area is 153 Å². The average molecular weight is 377 g/mol. The standard InChI is InChI=1S/C17H23N5O3S/c23-17(19-8-5-9-21-14-18-13-20-21)15-6-4-7-16(12-15)26(24,25)22-10-2-1-3-11-22/h4,6-7,12-14H,1-3,5,8-11H2,(H,19,23). The highest BCUT2D eigenvalue weighted by Crippen LogP contribution is 2.21. The zero-order valence-corrected chi connectivity index (χ0v) is 15.4. The fraction of sp³-hybridized carbons (Fsp3) is 0.471. The van der Waals surface area contributed by atoms with Crippen LogP contribution in [-0.4, -0.2) is 53.0 Å². The Bertz CT molecular complexity index is 830. The molecule has 1 amide bonds. The van der Waals surface area contributed by atoms with E-state index in [9.17, 15) is 13.2 Å². The van der Waals surface area contributed by atoms with Gasteiger partial charge in [-0.3, -0.25) is 9.48 Å². The molecule has 26 heavy (non-hydrogen) atoms. The Morgan fingerprint density at radius 2 is 2.00 bits per heavy atom. The summed E-state index contributed by atoms with van der Waals surface area (Å²) in [5.74, 6) is -0.278. The average Bonchev–Trinajstić information content (AvgIpc) is 3.19.